The summed E-state index contributed by atoms with van der Waals surface area (Å²) in [7, 11) is 0. The van der Waals surface area contributed by atoms with Crippen molar-refractivity contribution in [3.8, 4) is 5.75 Å². The maximum absolute atomic E-state index is 12.4. The number of hydrogen-bond acceptors (Lipinski definition) is 6. The number of rotatable bonds is 3. The first-order chi connectivity index (χ1) is 13.0. The van der Waals surface area contributed by atoms with E-state index in [0.717, 1.165) is 4.90 Å². The van der Waals surface area contributed by atoms with Gasteiger partial charge in [-0.15, -0.1) is 0 Å². The number of aromatic nitrogens is 2. The molecule has 1 aliphatic rings. The van der Waals surface area contributed by atoms with Gasteiger partial charge in [-0.25, -0.2) is 19.7 Å². The van der Waals surface area contributed by atoms with Crippen molar-refractivity contribution in [2.45, 2.75) is 0 Å². The molecular weight excluding hydrogens is 370 g/mol. The molecule has 2 amide bonds. The summed E-state index contributed by atoms with van der Waals surface area (Å²) in [4.78, 5) is 45.8. The molecule has 1 aromatic heterocycles. The Kier molecular flexibility index (Phi) is 4.13. The summed E-state index contributed by atoms with van der Waals surface area (Å²) in [5.41, 5.74) is 0.594. The Morgan fingerprint density at radius 1 is 0.852 bits per heavy atom. The molecule has 132 valence electrons. The number of hydrogen-bond donors (Lipinski definition) is 0. The predicted octanol–water partition coefficient (Wildman–Crippen LogP) is 3.15. The number of ether oxygens (including phenoxy) is 1. The normalized spacial score (nSPS) is 12.9. The number of amides is 2. The standard InChI is InChI=1S/C19H10ClN3O4/c20-12-3-7-14(8-4-12)27-19(26)11-1-5-13(6-2-11)23-17(24)15-16(18(23)25)22-10-9-21-15/h1-10H. The number of halogens is 1. The number of esters is 1. The van der Waals surface area contributed by atoms with Crippen LogP contribution < -0.4 is 9.64 Å². The van der Waals surface area contributed by atoms with E-state index in [2.05, 4.69) is 9.97 Å². The minimum atomic E-state index is -0.574. The molecule has 3 aromatic rings. The Morgan fingerprint density at radius 2 is 1.41 bits per heavy atom. The molecule has 0 atom stereocenters. The molecule has 7 nitrogen and oxygen atoms in total. The van der Waals surface area contributed by atoms with Crippen LogP contribution in [0.5, 0.6) is 5.75 Å². The lowest BCUT2D eigenvalue weighted by Gasteiger charge is -2.13. The van der Waals surface area contributed by atoms with Crippen LogP contribution in [0.2, 0.25) is 5.02 Å². The van der Waals surface area contributed by atoms with E-state index in [1.54, 1.807) is 24.3 Å². The second-order valence-corrected chi connectivity index (χ2v) is 6.03. The number of benzene rings is 2. The Bertz CT molecular complexity index is 1030. The van der Waals surface area contributed by atoms with Crippen LogP contribution in [0.25, 0.3) is 0 Å². The summed E-state index contributed by atoms with van der Waals surface area (Å²) in [6.45, 7) is 0. The van der Waals surface area contributed by atoms with Gasteiger partial charge in [0.15, 0.2) is 11.4 Å². The first-order valence-electron chi connectivity index (χ1n) is 7.82. The van der Waals surface area contributed by atoms with Crippen molar-refractivity contribution < 1.29 is 19.1 Å². The van der Waals surface area contributed by atoms with Gasteiger partial charge >= 0.3 is 5.97 Å². The van der Waals surface area contributed by atoms with Crippen LogP contribution in [0.3, 0.4) is 0 Å². The van der Waals surface area contributed by atoms with E-state index in [4.69, 9.17) is 16.3 Å². The summed E-state index contributed by atoms with van der Waals surface area (Å²) < 4.78 is 5.25. The number of nitrogens with zero attached hydrogens (tertiary/aromatic N) is 3. The Morgan fingerprint density at radius 3 is 1.96 bits per heavy atom. The lowest BCUT2D eigenvalue weighted by molar-refractivity contribution is 0.0734. The van der Waals surface area contributed by atoms with Crippen molar-refractivity contribution in [2.24, 2.45) is 0 Å². The average molecular weight is 380 g/mol. The van der Waals surface area contributed by atoms with Gasteiger partial charge in [0.05, 0.1) is 11.3 Å². The van der Waals surface area contributed by atoms with Crippen LogP contribution in [0.1, 0.15) is 31.3 Å². The molecule has 2 heterocycles. The van der Waals surface area contributed by atoms with Crippen LogP contribution in [-0.2, 0) is 0 Å². The van der Waals surface area contributed by atoms with Gasteiger partial charge in [-0.2, -0.15) is 0 Å². The van der Waals surface area contributed by atoms with Gasteiger partial charge < -0.3 is 4.74 Å². The van der Waals surface area contributed by atoms with Gasteiger partial charge in [0.1, 0.15) is 5.75 Å². The highest BCUT2D eigenvalue weighted by molar-refractivity contribution is 6.33. The molecule has 2 aromatic carbocycles. The Hall–Kier alpha value is -3.58. The number of fused-ring (bicyclic) bond motifs is 1. The molecule has 0 spiro atoms. The largest absolute Gasteiger partial charge is 0.423 e. The van der Waals surface area contributed by atoms with Crippen molar-refractivity contribution in [1.29, 1.82) is 0 Å². The lowest BCUT2D eigenvalue weighted by Crippen LogP contribution is -2.29. The number of carbonyl (C=O) groups is 3. The zero-order chi connectivity index (χ0) is 19.0. The second-order valence-electron chi connectivity index (χ2n) is 5.59. The predicted molar refractivity (Wildman–Crippen MR) is 96.0 cm³/mol. The SMILES string of the molecule is O=C(Oc1ccc(Cl)cc1)c1ccc(N2C(=O)c3nccnc3C2=O)cc1. The highest BCUT2D eigenvalue weighted by Gasteiger charge is 2.39. The average Bonchev–Trinajstić information content (AvgIpc) is 2.95. The fraction of sp³-hybridized carbons (Fsp3) is 0. The van der Waals surface area contributed by atoms with Crippen molar-refractivity contribution in [3.05, 3.63) is 82.9 Å². The lowest BCUT2D eigenvalue weighted by atomic mass is 10.2. The molecular formula is C19H10ClN3O4. The maximum atomic E-state index is 12.4. The van der Waals surface area contributed by atoms with Crippen LogP contribution in [0.15, 0.2) is 60.9 Å². The van der Waals surface area contributed by atoms with Crippen molar-refractivity contribution in [1.82, 2.24) is 9.97 Å². The first-order valence-corrected chi connectivity index (χ1v) is 8.20. The minimum absolute atomic E-state index is 0.00808. The van der Waals surface area contributed by atoms with Gasteiger partial charge in [-0.3, -0.25) is 9.59 Å². The van der Waals surface area contributed by atoms with Gasteiger partial charge in [0, 0.05) is 17.4 Å². The van der Waals surface area contributed by atoms with E-state index in [-0.39, 0.29) is 17.0 Å². The number of carbonyl (C=O) groups excluding carboxylic acids is 3. The molecule has 0 bridgehead atoms. The summed E-state index contributed by atoms with van der Waals surface area (Å²) in [5, 5.41) is 0.532. The van der Waals surface area contributed by atoms with E-state index >= 15 is 0 Å². The number of anilines is 1. The summed E-state index contributed by atoms with van der Waals surface area (Å²) in [5.74, 6) is -1.33. The third kappa shape index (κ3) is 3.04. The third-order valence-electron chi connectivity index (χ3n) is 3.89. The highest BCUT2D eigenvalue weighted by Crippen LogP contribution is 2.26. The second kappa shape index (κ2) is 6.62. The topological polar surface area (TPSA) is 89.5 Å². The van der Waals surface area contributed by atoms with E-state index in [0.29, 0.717) is 16.5 Å². The first kappa shape index (κ1) is 16.9. The molecule has 1 aliphatic heterocycles. The van der Waals surface area contributed by atoms with E-state index in [9.17, 15) is 14.4 Å². The Balaban J connectivity index is 1.54. The summed E-state index contributed by atoms with van der Waals surface area (Å²) >= 11 is 5.79. The van der Waals surface area contributed by atoms with Gasteiger partial charge in [-0.1, -0.05) is 11.6 Å². The zero-order valence-electron chi connectivity index (χ0n) is 13.6. The molecule has 0 radical (unpaired) electrons. The zero-order valence-corrected chi connectivity index (χ0v) is 14.4. The molecule has 0 unspecified atom stereocenters. The highest BCUT2D eigenvalue weighted by atomic mass is 35.5. The van der Waals surface area contributed by atoms with Crippen LogP contribution >= 0.6 is 11.6 Å². The van der Waals surface area contributed by atoms with Crippen molar-refractivity contribution >= 4 is 35.1 Å². The van der Waals surface area contributed by atoms with Crippen molar-refractivity contribution in [2.75, 3.05) is 4.90 Å². The minimum Gasteiger partial charge on any atom is -0.423 e. The van der Waals surface area contributed by atoms with Gasteiger partial charge in [0.2, 0.25) is 0 Å². The molecule has 0 N–H and O–H groups in total. The van der Waals surface area contributed by atoms with E-state index in [1.807, 2.05) is 0 Å². The molecule has 0 fully saturated rings. The smallest absolute Gasteiger partial charge is 0.343 e. The van der Waals surface area contributed by atoms with Gasteiger partial charge in [0.25, 0.3) is 11.8 Å². The molecule has 0 aliphatic carbocycles. The maximum Gasteiger partial charge on any atom is 0.343 e. The number of imide groups is 1. The summed E-state index contributed by atoms with van der Waals surface area (Å²) in [6, 6.07) is 12.3. The molecule has 27 heavy (non-hydrogen) atoms. The summed E-state index contributed by atoms with van der Waals surface area (Å²) in [6.07, 6.45) is 2.70. The Labute approximate surface area is 158 Å². The fourth-order valence-electron chi connectivity index (χ4n) is 2.60. The molecule has 8 heteroatoms. The fourth-order valence-corrected chi connectivity index (χ4v) is 2.73. The van der Waals surface area contributed by atoms with Crippen LogP contribution in [0.4, 0.5) is 5.69 Å². The van der Waals surface area contributed by atoms with Crippen molar-refractivity contribution in [3.63, 3.8) is 0 Å². The molecule has 0 saturated carbocycles. The van der Waals surface area contributed by atoms with E-state index < -0.39 is 17.8 Å². The third-order valence-corrected chi connectivity index (χ3v) is 4.15. The van der Waals surface area contributed by atoms with Crippen LogP contribution in [0, 0.1) is 0 Å². The van der Waals surface area contributed by atoms with Crippen LogP contribution in [-0.4, -0.2) is 27.8 Å². The van der Waals surface area contributed by atoms with E-state index in [1.165, 1.54) is 36.7 Å². The van der Waals surface area contributed by atoms with Gasteiger partial charge in [-0.05, 0) is 48.5 Å². The quantitative estimate of drug-likeness (QED) is 0.394. The monoisotopic (exact) mass is 379 g/mol. The molecule has 0 saturated heterocycles. The molecule has 4 rings (SSSR count).